The lowest BCUT2D eigenvalue weighted by molar-refractivity contribution is 0.120. The Morgan fingerprint density at radius 1 is 1.07 bits per heavy atom. The van der Waals surface area contributed by atoms with Gasteiger partial charge in [0.05, 0.1) is 22.2 Å². The second-order valence-corrected chi connectivity index (χ2v) is 9.36. The van der Waals surface area contributed by atoms with Crippen LogP contribution in [0, 0.1) is 0 Å². The van der Waals surface area contributed by atoms with E-state index < -0.39 is 0 Å². The highest BCUT2D eigenvalue weighted by Crippen LogP contribution is 2.58. The average Bonchev–Trinajstić information content (AvgIpc) is 2.84. The number of hydrogen-bond donors (Lipinski definition) is 0. The molecule has 1 saturated heterocycles. The van der Waals surface area contributed by atoms with Crippen molar-refractivity contribution in [2.45, 2.75) is 76.2 Å². The summed E-state index contributed by atoms with van der Waals surface area (Å²) in [7, 11) is -0.253. The summed E-state index contributed by atoms with van der Waals surface area (Å²) in [4.78, 5) is 7.71. The molecule has 5 nitrogen and oxygen atoms in total. The van der Waals surface area contributed by atoms with Crippen molar-refractivity contribution in [3.8, 4) is 0 Å². The first kappa shape index (κ1) is 16.6. The van der Waals surface area contributed by atoms with Gasteiger partial charge in [-0.05, 0) is 50.7 Å². The Kier molecular flexibility index (Phi) is 3.43. The number of nitrogens with zero attached hydrogens (tertiary/aromatic N) is 3. The van der Waals surface area contributed by atoms with Crippen LogP contribution in [0.4, 0.5) is 0 Å². The van der Waals surface area contributed by atoms with E-state index in [1.54, 1.807) is 0 Å². The monoisotopic (exact) mass is 365 g/mol. The summed E-state index contributed by atoms with van der Waals surface area (Å²) in [6.45, 7) is 7.75. The standard InChI is InChI=1S/C21H28BN3O2/c1-20-14-21(20,2)27-22(26-20)15-7-8-18-17(13-15)23-19-9-12-24(16-5-3-6-16)10-4-11-25(18)19/h7-8,13,16H,3-6,9-12,14H2,1-2H3. The minimum atomic E-state index is -0.253. The van der Waals surface area contributed by atoms with Gasteiger partial charge >= 0.3 is 7.12 Å². The Balaban J connectivity index is 1.28. The van der Waals surface area contributed by atoms with Crippen molar-refractivity contribution in [1.82, 2.24) is 14.5 Å². The number of aryl methyl sites for hydroxylation is 1. The summed E-state index contributed by atoms with van der Waals surface area (Å²) < 4.78 is 14.8. The summed E-state index contributed by atoms with van der Waals surface area (Å²) in [5.41, 5.74) is 3.22. The molecule has 1 aromatic heterocycles. The van der Waals surface area contributed by atoms with Crippen LogP contribution in [0.2, 0.25) is 0 Å². The first-order chi connectivity index (χ1) is 13.0. The lowest BCUT2D eigenvalue weighted by Gasteiger charge is -2.38. The van der Waals surface area contributed by atoms with Crippen molar-refractivity contribution in [3.63, 3.8) is 0 Å². The molecule has 0 amide bonds. The molecule has 3 heterocycles. The third kappa shape index (κ3) is 2.46. The van der Waals surface area contributed by atoms with Crippen LogP contribution in [0.25, 0.3) is 11.0 Å². The van der Waals surface area contributed by atoms with Gasteiger partial charge in [0.15, 0.2) is 0 Å². The van der Waals surface area contributed by atoms with Crippen molar-refractivity contribution >= 4 is 23.6 Å². The van der Waals surface area contributed by atoms with E-state index in [1.807, 2.05) is 0 Å². The molecule has 0 bridgehead atoms. The Bertz CT molecular complexity index is 894. The minimum Gasteiger partial charge on any atom is -0.399 e. The van der Waals surface area contributed by atoms with Crippen LogP contribution >= 0.6 is 0 Å². The minimum absolute atomic E-state index is 0.110. The van der Waals surface area contributed by atoms with Crippen molar-refractivity contribution < 1.29 is 9.31 Å². The molecule has 2 aliphatic heterocycles. The summed E-state index contributed by atoms with van der Waals surface area (Å²) in [5, 5.41) is 0. The maximum absolute atomic E-state index is 6.20. The highest BCUT2D eigenvalue weighted by atomic mass is 16.7. The molecule has 2 atom stereocenters. The molecule has 3 fully saturated rings. The summed E-state index contributed by atoms with van der Waals surface area (Å²) in [6.07, 6.45) is 7.44. The molecule has 142 valence electrons. The van der Waals surface area contributed by atoms with Gasteiger partial charge in [-0.25, -0.2) is 4.98 Å². The first-order valence-electron chi connectivity index (χ1n) is 10.6. The largest absolute Gasteiger partial charge is 0.494 e. The topological polar surface area (TPSA) is 39.5 Å². The van der Waals surface area contributed by atoms with E-state index in [0.717, 1.165) is 43.0 Å². The third-order valence-electron chi connectivity index (χ3n) is 7.57. The molecule has 2 saturated carbocycles. The van der Waals surface area contributed by atoms with Gasteiger partial charge in [0.1, 0.15) is 5.82 Å². The molecule has 27 heavy (non-hydrogen) atoms. The summed E-state index contributed by atoms with van der Waals surface area (Å²) in [5.74, 6) is 1.24. The molecule has 2 aromatic rings. The van der Waals surface area contributed by atoms with Gasteiger partial charge in [-0.2, -0.15) is 0 Å². The van der Waals surface area contributed by atoms with Gasteiger partial charge in [-0.1, -0.05) is 12.5 Å². The smallest absolute Gasteiger partial charge is 0.399 e. The normalized spacial score (nSPS) is 34.1. The molecule has 0 spiro atoms. The van der Waals surface area contributed by atoms with Crippen LogP contribution in [0.1, 0.15) is 51.8 Å². The van der Waals surface area contributed by atoms with Crippen molar-refractivity contribution in [3.05, 3.63) is 24.0 Å². The fourth-order valence-corrected chi connectivity index (χ4v) is 5.25. The quantitative estimate of drug-likeness (QED) is 0.767. The first-order valence-corrected chi connectivity index (χ1v) is 10.6. The second-order valence-electron chi connectivity index (χ2n) is 9.36. The molecule has 0 radical (unpaired) electrons. The predicted molar refractivity (Wildman–Crippen MR) is 106 cm³/mol. The van der Waals surface area contributed by atoms with E-state index in [4.69, 9.17) is 14.3 Å². The number of benzene rings is 1. The number of rotatable bonds is 2. The molecule has 2 unspecified atom stereocenters. The van der Waals surface area contributed by atoms with Crippen molar-refractivity contribution in [2.75, 3.05) is 13.1 Å². The zero-order valence-corrected chi connectivity index (χ0v) is 16.4. The van der Waals surface area contributed by atoms with Gasteiger partial charge < -0.3 is 13.9 Å². The van der Waals surface area contributed by atoms with Gasteiger partial charge in [-0.3, -0.25) is 4.90 Å². The molecular formula is C21H28BN3O2. The molecular weight excluding hydrogens is 337 g/mol. The number of hydrogen-bond acceptors (Lipinski definition) is 4. The van der Waals surface area contributed by atoms with Crippen LogP contribution in [-0.2, 0) is 22.3 Å². The fourth-order valence-electron chi connectivity index (χ4n) is 5.25. The highest BCUT2D eigenvalue weighted by Gasteiger charge is 2.71. The van der Waals surface area contributed by atoms with Gasteiger partial charge in [0, 0.05) is 38.5 Å². The van der Waals surface area contributed by atoms with E-state index in [0.29, 0.717) is 0 Å². The van der Waals surface area contributed by atoms with E-state index in [2.05, 4.69) is 41.5 Å². The van der Waals surface area contributed by atoms with Crippen LogP contribution in [0.15, 0.2) is 18.2 Å². The average molecular weight is 365 g/mol. The van der Waals surface area contributed by atoms with Crippen molar-refractivity contribution in [2.24, 2.45) is 0 Å². The van der Waals surface area contributed by atoms with Crippen LogP contribution in [0.5, 0.6) is 0 Å². The molecule has 6 heteroatoms. The molecule has 6 rings (SSSR count). The van der Waals surface area contributed by atoms with Crippen LogP contribution in [-0.4, -0.2) is 51.9 Å². The number of imidazole rings is 1. The zero-order valence-electron chi connectivity index (χ0n) is 16.4. The molecule has 4 aliphatic rings. The fraction of sp³-hybridized carbons (Fsp3) is 0.667. The van der Waals surface area contributed by atoms with E-state index >= 15 is 0 Å². The summed E-state index contributed by atoms with van der Waals surface area (Å²) >= 11 is 0. The second kappa shape index (κ2) is 5.59. The zero-order chi connectivity index (χ0) is 18.2. The van der Waals surface area contributed by atoms with Crippen LogP contribution < -0.4 is 5.46 Å². The molecule has 0 N–H and O–H groups in total. The Morgan fingerprint density at radius 3 is 2.63 bits per heavy atom. The Morgan fingerprint density at radius 2 is 1.89 bits per heavy atom. The van der Waals surface area contributed by atoms with Gasteiger partial charge in [-0.15, -0.1) is 0 Å². The maximum atomic E-state index is 6.20. The molecule has 1 aromatic carbocycles. The van der Waals surface area contributed by atoms with Gasteiger partial charge in [0.25, 0.3) is 0 Å². The summed E-state index contributed by atoms with van der Waals surface area (Å²) in [6, 6.07) is 7.39. The van der Waals surface area contributed by atoms with E-state index in [1.165, 1.54) is 43.6 Å². The molecule has 2 aliphatic carbocycles. The lowest BCUT2D eigenvalue weighted by atomic mass is 9.78. The van der Waals surface area contributed by atoms with E-state index in [9.17, 15) is 0 Å². The Hall–Kier alpha value is -1.37. The number of aromatic nitrogens is 2. The van der Waals surface area contributed by atoms with Crippen molar-refractivity contribution in [1.29, 1.82) is 0 Å². The highest BCUT2D eigenvalue weighted by molar-refractivity contribution is 6.62. The maximum Gasteiger partial charge on any atom is 0.494 e. The van der Waals surface area contributed by atoms with Crippen LogP contribution in [0.3, 0.4) is 0 Å². The lowest BCUT2D eigenvalue weighted by Crippen LogP contribution is -2.43. The SMILES string of the molecule is CC12CC1(C)OB(c1ccc3c(c1)nc1n3CCCN(C3CCC3)CC1)O2. The number of fused-ring (bicyclic) bond motifs is 4. The predicted octanol–water partition coefficient (Wildman–Crippen LogP) is 2.50. The van der Waals surface area contributed by atoms with E-state index in [-0.39, 0.29) is 18.3 Å². The third-order valence-corrected chi connectivity index (χ3v) is 7.57. The van der Waals surface area contributed by atoms with Gasteiger partial charge in [0.2, 0.25) is 0 Å². The Labute approximate surface area is 161 Å².